The zero-order valence-electron chi connectivity index (χ0n) is 18.1. The molecule has 0 amide bonds. The minimum absolute atomic E-state index is 0.0348. The minimum atomic E-state index is -0.285. The van der Waals surface area contributed by atoms with Crippen molar-refractivity contribution in [1.82, 2.24) is 10.3 Å². The van der Waals surface area contributed by atoms with Gasteiger partial charge in [0.1, 0.15) is 29.7 Å². The lowest BCUT2D eigenvalue weighted by Gasteiger charge is -2.25. The van der Waals surface area contributed by atoms with Gasteiger partial charge in [-0.2, -0.15) is 0 Å². The van der Waals surface area contributed by atoms with Crippen molar-refractivity contribution in [3.63, 3.8) is 0 Å². The van der Waals surface area contributed by atoms with Gasteiger partial charge < -0.3 is 24.5 Å². The molecule has 6 heteroatoms. The van der Waals surface area contributed by atoms with Crippen molar-refractivity contribution in [2.24, 2.45) is 0 Å². The summed E-state index contributed by atoms with van der Waals surface area (Å²) in [6.07, 6.45) is 0.954. The van der Waals surface area contributed by atoms with Gasteiger partial charge in [-0.3, -0.25) is 0 Å². The number of aromatic nitrogens is 1. The van der Waals surface area contributed by atoms with Gasteiger partial charge >= 0.3 is 0 Å². The lowest BCUT2D eigenvalue weighted by Crippen LogP contribution is -2.30. The van der Waals surface area contributed by atoms with Crippen LogP contribution in [0.15, 0.2) is 60.7 Å². The molecule has 2 N–H and O–H groups in total. The van der Waals surface area contributed by atoms with E-state index in [-0.39, 0.29) is 11.9 Å². The molecule has 1 aromatic heterocycles. The van der Waals surface area contributed by atoms with Crippen LogP contribution < -0.4 is 19.5 Å². The van der Waals surface area contributed by atoms with Gasteiger partial charge in [0.25, 0.3) is 0 Å². The molecule has 5 nitrogen and oxygen atoms in total. The molecule has 3 aromatic carbocycles. The Morgan fingerprint density at radius 2 is 1.75 bits per heavy atom. The highest BCUT2D eigenvalue weighted by Gasteiger charge is 2.26. The van der Waals surface area contributed by atoms with Crippen LogP contribution in [0.25, 0.3) is 10.9 Å². The molecular formula is C26H25FN2O3. The SMILES string of the molecule is COc1ccc2[nH]c3c(c2c1)CCNC3c1ccc(OC)c(COc2ccc(F)cc2)c1. The van der Waals surface area contributed by atoms with Gasteiger partial charge in [0.05, 0.1) is 20.3 Å². The van der Waals surface area contributed by atoms with E-state index < -0.39 is 0 Å². The van der Waals surface area contributed by atoms with Gasteiger partial charge in [-0.1, -0.05) is 6.07 Å². The van der Waals surface area contributed by atoms with E-state index in [1.54, 1.807) is 26.4 Å². The lowest BCUT2D eigenvalue weighted by molar-refractivity contribution is 0.296. The fourth-order valence-corrected chi connectivity index (χ4v) is 4.40. The van der Waals surface area contributed by atoms with Crippen LogP contribution in [-0.2, 0) is 13.0 Å². The van der Waals surface area contributed by atoms with Gasteiger partial charge in [0.15, 0.2) is 0 Å². The van der Waals surface area contributed by atoms with Gasteiger partial charge in [0, 0.05) is 28.7 Å². The number of halogens is 1. The number of hydrogen-bond acceptors (Lipinski definition) is 4. The molecule has 0 saturated carbocycles. The highest BCUT2D eigenvalue weighted by molar-refractivity contribution is 5.86. The second-order valence-electron chi connectivity index (χ2n) is 7.88. The van der Waals surface area contributed by atoms with E-state index in [0.717, 1.165) is 41.1 Å². The summed E-state index contributed by atoms with van der Waals surface area (Å²) in [4.78, 5) is 3.61. The van der Waals surface area contributed by atoms with E-state index in [2.05, 4.69) is 34.6 Å². The standard InChI is InChI=1S/C26H25FN2O3/c1-30-20-8-9-23-22(14-20)21-11-12-28-25(26(21)29-23)16-3-10-24(31-2)17(13-16)15-32-19-6-4-18(27)5-7-19/h3-10,13-14,25,28-29H,11-12,15H2,1-2H3. The zero-order chi connectivity index (χ0) is 22.1. The summed E-state index contributed by atoms with van der Waals surface area (Å²) in [5, 5.41) is 4.85. The third kappa shape index (κ3) is 3.78. The molecule has 0 spiro atoms. The predicted molar refractivity (Wildman–Crippen MR) is 122 cm³/mol. The molecule has 5 rings (SSSR count). The molecule has 164 valence electrons. The first-order valence-corrected chi connectivity index (χ1v) is 10.6. The number of aromatic amines is 1. The van der Waals surface area contributed by atoms with Crippen LogP contribution in [0, 0.1) is 5.82 Å². The molecule has 0 radical (unpaired) electrons. The first-order valence-electron chi connectivity index (χ1n) is 10.6. The maximum atomic E-state index is 13.2. The van der Waals surface area contributed by atoms with E-state index in [1.807, 2.05) is 12.1 Å². The molecule has 1 atom stereocenters. The average Bonchev–Trinajstić information content (AvgIpc) is 3.21. The summed E-state index contributed by atoms with van der Waals surface area (Å²) >= 11 is 0. The lowest BCUT2D eigenvalue weighted by atomic mass is 9.93. The van der Waals surface area contributed by atoms with Crippen molar-refractivity contribution in [3.8, 4) is 17.2 Å². The van der Waals surface area contributed by atoms with Crippen LogP contribution in [0.5, 0.6) is 17.2 Å². The van der Waals surface area contributed by atoms with Crippen molar-refractivity contribution in [2.45, 2.75) is 19.1 Å². The Hall–Kier alpha value is -3.51. The molecule has 0 saturated heterocycles. The van der Waals surface area contributed by atoms with E-state index >= 15 is 0 Å². The Labute approximate surface area is 186 Å². The summed E-state index contributed by atoms with van der Waals surface area (Å²) in [6.45, 7) is 1.21. The van der Waals surface area contributed by atoms with E-state index in [9.17, 15) is 4.39 Å². The number of rotatable bonds is 6. The Bertz CT molecular complexity index is 1250. The second kappa shape index (κ2) is 8.55. The Morgan fingerprint density at radius 1 is 0.938 bits per heavy atom. The molecule has 32 heavy (non-hydrogen) atoms. The number of fused-ring (bicyclic) bond motifs is 3. The molecule has 0 aliphatic carbocycles. The average molecular weight is 432 g/mol. The van der Waals surface area contributed by atoms with Crippen molar-refractivity contribution in [2.75, 3.05) is 20.8 Å². The second-order valence-corrected chi connectivity index (χ2v) is 7.88. The number of nitrogens with one attached hydrogen (secondary N) is 2. The maximum absolute atomic E-state index is 13.2. The Kier molecular flexibility index (Phi) is 5.45. The zero-order valence-corrected chi connectivity index (χ0v) is 18.1. The number of hydrogen-bond donors (Lipinski definition) is 2. The largest absolute Gasteiger partial charge is 0.497 e. The molecule has 1 aliphatic heterocycles. The number of ether oxygens (including phenoxy) is 3. The first-order chi connectivity index (χ1) is 15.7. The van der Waals surface area contributed by atoms with Crippen LogP contribution in [-0.4, -0.2) is 25.7 Å². The molecule has 2 heterocycles. The third-order valence-electron chi connectivity index (χ3n) is 6.00. The number of benzene rings is 3. The van der Waals surface area contributed by atoms with E-state index in [1.165, 1.54) is 28.8 Å². The van der Waals surface area contributed by atoms with Gasteiger partial charge in [0.2, 0.25) is 0 Å². The molecule has 0 fully saturated rings. The highest BCUT2D eigenvalue weighted by atomic mass is 19.1. The minimum Gasteiger partial charge on any atom is -0.497 e. The summed E-state index contributed by atoms with van der Waals surface area (Å²) in [5.74, 6) is 1.95. The Balaban J connectivity index is 1.47. The van der Waals surface area contributed by atoms with Gasteiger partial charge in [-0.15, -0.1) is 0 Å². The summed E-state index contributed by atoms with van der Waals surface area (Å²) in [5.41, 5.74) is 5.67. The fraction of sp³-hybridized carbons (Fsp3) is 0.231. The Morgan fingerprint density at radius 3 is 2.53 bits per heavy atom. The van der Waals surface area contributed by atoms with Crippen LogP contribution in [0.2, 0.25) is 0 Å². The van der Waals surface area contributed by atoms with Crippen LogP contribution in [0.4, 0.5) is 4.39 Å². The fourth-order valence-electron chi connectivity index (χ4n) is 4.40. The van der Waals surface area contributed by atoms with Crippen molar-refractivity contribution < 1.29 is 18.6 Å². The van der Waals surface area contributed by atoms with Crippen molar-refractivity contribution in [3.05, 3.63) is 88.9 Å². The molecule has 0 bridgehead atoms. The molecule has 1 aliphatic rings. The van der Waals surface area contributed by atoms with Crippen LogP contribution in [0.3, 0.4) is 0 Å². The third-order valence-corrected chi connectivity index (χ3v) is 6.00. The molecule has 1 unspecified atom stereocenters. The van der Waals surface area contributed by atoms with Gasteiger partial charge in [-0.25, -0.2) is 4.39 Å². The smallest absolute Gasteiger partial charge is 0.125 e. The monoisotopic (exact) mass is 432 g/mol. The predicted octanol–water partition coefficient (Wildman–Crippen LogP) is 5.14. The van der Waals surface area contributed by atoms with Crippen molar-refractivity contribution >= 4 is 10.9 Å². The quantitative estimate of drug-likeness (QED) is 0.443. The molecule has 4 aromatic rings. The summed E-state index contributed by atoms with van der Waals surface area (Å²) < 4.78 is 30.0. The summed E-state index contributed by atoms with van der Waals surface area (Å²) in [7, 11) is 3.34. The normalized spacial score (nSPS) is 15.4. The van der Waals surface area contributed by atoms with E-state index in [0.29, 0.717) is 12.4 Å². The highest BCUT2D eigenvalue weighted by Crippen LogP contribution is 2.36. The number of methoxy groups -OCH3 is 2. The maximum Gasteiger partial charge on any atom is 0.125 e. The summed E-state index contributed by atoms with van der Waals surface area (Å²) in [6, 6.07) is 18.4. The van der Waals surface area contributed by atoms with Crippen LogP contribution >= 0.6 is 0 Å². The van der Waals surface area contributed by atoms with Crippen LogP contribution in [0.1, 0.15) is 28.4 Å². The van der Waals surface area contributed by atoms with E-state index in [4.69, 9.17) is 14.2 Å². The first kappa shape index (κ1) is 20.4. The van der Waals surface area contributed by atoms with Gasteiger partial charge in [-0.05, 0) is 72.1 Å². The topological polar surface area (TPSA) is 55.5 Å². The molecular weight excluding hydrogens is 407 g/mol. The van der Waals surface area contributed by atoms with Crippen molar-refractivity contribution in [1.29, 1.82) is 0 Å². The number of H-pyrrole nitrogens is 1.